The van der Waals surface area contributed by atoms with Crippen molar-refractivity contribution >= 4 is 11.9 Å². The van der Waals surface area contributed by atoms with Crippen molar-refractivity contribution in [2.24, 2.45) is 4.99 Å². The first kappa shape index (κ1) is 21.2. The van der Waals surface area contributed by atoms with Crippen LogP contribution in [0.4, 0.5) is 0 Å². The van der Waals surface area contributed by atoms with Gasteiger partial charge in [0.25, 0.3) is 5.91 Å². The number of benzene rings is 1. The van der Waals surface area contributed by atoms with E-state index in [4.69, 9.17) is 0 Å². The topological polar surface area (TPSA) is 68.8 Å². The van der Waals surface area contributed by atoms with Crippen LogP contribution in [0, 0.1) is 0 Å². The maximum Gasteiger partial charge on any atom is 0.251 e. The highest BCUT2D eigenvalue weighted by Crippen LogP contribution is 2.19. The van der Waals surface area contributed by atoms with Gasteiger partial charge in [-0.05, 0) is 64.4 Å². The lowest BCUT2D eigenvalue weighted by molar-refractivity contribution is 0.0955. The lowest BCUT2D eigenvalue weighted by Gasteiger charge is -2.41. The van der Waals surface area contributed by atoms with Gasteiger partial charge in [0.2, 0.25) is 0 Å². The van der Waals surface area contributed by atoms with Crippen LogP contribution in [-0.4, -0.2) is 55.5 Å². The van der Waals surface area contributed by atoms with E-state index in [-0.39, 0.29) is 11.4 Å². The van der Waals surface area contributed by atoms with E-state index < -0.39 is 0 Å². The molecule has 0 radical (unpaired) electrons. The van der Waals surface area contributed by atoms with Crippen molar-refractivity contribution in [2.45, 2.75) is 52.1 Å². The summed E-state index contributed by atoms with van der Waals surface area (Å²) >= 11 is 0. The van der Waals surface area contributed by atoms with Gasteiger partial charge in [0.15, 0.2) is 5.96 Å². The molecule has 1 aromatic rings. The smallest absolute Gasteiger partial charge is 0.251 e. The Morgan fingerprint density at radius 2 is 1.89 bits per heavy atom. The number of carbonyl (C=O) groups is 1. The van der Waals surface area contributed by atoms with E-state index in [1.54, 1.807) is 7.05 Å². The summed E-state index contributed by atoms with van der Waals surface area (Å²) in [5, 5.41) is 9.63. The summed E-state index contributed by atoms with van der Waals surface area (Å²) in [4.78, 5) is 18.9. The number of hydrogen-bond donors (Lipinski definition) is 3. The normalized spacial score (nSPS) is 16.1. The van der Waals surface area contributed by atoms with Crippen LogP contribution in [0.5, 0.6) is 0 Å². The van der Waals surface area contributed by atoms with Crippen molar-refractivity contribution in [3.05, 3.63) is 35.4 Å². The van der Waals surface area contributed by atoms with Crippen LogP contribution in [0.15, 0.2) is 29.3 Å². The maximum atomic E-state index is 12.0. The average Bonchev–Trinajstić information content (AvgIpc) is 2.69. The minimum atomic E-state index is -0.0369. The number of piperidine rings is 1. The van der Waals surface area contributed by atoms with Crippen LogP contribution in [-0.2, 0) is 6.54 Å². The number of rotatable bonds is 7. The summed E-state index contributed by atoms with van der Waals surface area (Å²) in [6, 6.07) is 7.68. The van der Waals surface area contributed by atoms with Crippen molar-refractivity contribution in [1.29, 1.82) is 0 Å². The molecule has 0 aliphatic carbocycles. The fourth-order valence-corrected chi connectivity index (χ4v) is 3.40. The number of aliphatic imine (C=N–C) groups is 1. The Kier molecular flexibility index (Phi) is 8.10. The van der Waals surface area contributed by atoms with Crippen LogP contribution in [0.25, 0.3) is 0 Å². The van der Waals surface area contributed by atoms with Gasteiger partial charge < -0.3 is 16.0 Å². The van der Waals surface area contributed by atoms with E-state index in [9.17, 15) is 4.79 Å². The third kappa shape index (κ3) is 6.54. The Bertz CT molecular complexity index is 635. The minimum Gasteiger partial charge on any atom is -0.355 e. The summed E-state index contributed by atoms with van der Waals surface area (Å²) in [5.41, 5.74) is 1.83. The average molecular weight is 374 g/mol. The molecule has 1 amide bonds. The number of nitrogens with zero attached hydrogens (tertiary/aromatic N) is 2. The Morgan fingerprint density at radius 3 is 2.56 bits per heavy atom. The van der Waals surface area contributed by atoms with E-state index in [0.29, 0.717) is 18.7 Å². The quantitative estimate of drug-likeness (QED) is 0.507. The molecule has 1 aliphatic heterocycles. The Hall–Kier alpha value is -2.08. The molecule has 0 spiro atoms. The van der Waals surface area contributed by atoms with Crippen LogP contribution in [0.2, 0.25) is 0 Å². The number of amides is 1. The zero-order valence-corrected chi connectivity index (χ0v) is 17.3. The number of nitrogens with one attached hydrogen (secondary N) is 3. The highest BCUT2D eigenvalue weighted by Gasteiger charge is 2.27. The molecule has 6 heteroatoms. The first-order valence-electron chi connectivity index (χ1n) is 10.0. The monoisotopic (exact) mass is 373 g/mol. The van der Waals surface area contributed by atoms with Gasteiger partial charge in [-0.15, -0.1) is 0 Å². The molecule has 6 nitrogen and oxygen atoms in total. The van der Waals surface area contributed by atoms with E-state index in [1.807, 2.05) is 31.2 Å². The predicted molar refractivity (Wildman–Crippen MR) is 112 cm³/mol. The molecular formula is C21H35N5O. The molecule has 1 fully saturated rings. The van der Waals surface area contributed by atoms with E-state index in [1.165, 1.54) is 32.4 Å². The molecule has 2 rings (SSSR count). The molecule has 0 atom stereocenters. The van der Waals surface area contributed by atoms with Gasteiger partial charge in [-0.25, -0.2) is 0 Å². The van der Waals surface area contributed by atoms with E-state index in [2.05, 4.69) is 39.7 Å². The number of likely N-dealkylation sites (tertiary alicyclic amines) is 1. The Morgan fingerprint density at radius 1 is 1.15 bits per heavy atom. The molecule has 27 heavy (non-hydrogen) atoms. The van der Waals surface area contributed by atoms with Crippen molar-refractivity contribution < 1.29 is 4.79 Å². The molecule has 150 valence electrons. The molecule has 3 N–H and O–H groups in total. The standard InChI is InChI=1S/C21H35N5O/c1-5-23-19(27)18-11-9-10-17(14-18)15-24-20(22-4)25-16-21(2,3)26-12-7-6-8-13-26/h9-11,14H,5-8,12-13,15-16H2,1-4H3,(H,23,27)(H2,22,24,25). The molecule has 1 heterocycles. The van der Waals surface area contributed by atoms with Gasteiger partial charge in [0, 0.05) is 37.8 Å². The molecule has 0 bridgehead atoms. The number of guanidine groups is 1. The van der Waals surface area contributed by atoms with Crippen molar-refractivity contribution in [3.63, 3.8) is 0 Å². The first-order chi connectivity index (χ1) is 13.0. The predicted octanol–water partition coefficient (Wildman–Crippen LogP) is 2.37. The van der Waals surface area contributed by atoms with Gasteiger partial charge >= 0.3 is 0 Å². The number of carbonyl (C=O) groups excluding carboxylic acids is 1. The highest BCUT2D eigenvalue weighted by atomic mass is 16.1. The van der Waals surface area contributed by atoms with Gasteiger partial charge in [0.1, 0.15) is 0 Å². The summed E-state index contributed by atoms with van der Waals surface area (Å²) < 4.78 is 0. The third-order valence-corrected chi connectivity index (χ3v) is 5.11. The third-order valence-electron chi connectivity index (χ3n) is 5.11. The molecule has 1 aromatic carbocycles. The zero-order valence-electron chi connectivity index (χ0n) is 17.3. The summed E-state index contributed by atoms with van der Waals surface area (Å²) in [6.45, 7) is 10.9. The van der Waals surface area contributed by atoms with Crippen molar-refractivity contribution in [1.82, 2.24) is 20.9 Å². The van der Waals surface area contributed by atoms with Crippen LogP contribution in [0.1, 0.15) is 56.0 Å². The van der Waals surface area contributed by atoms with Gasteiger partial charge in [-0.1, -0.05) is 18.6 Å². The van der Waals surface area contributed by atoms with Crippen LogP contribution in [0.3, 0.4) is 0 Å². The zero-order chi connectivity index (χ0) is 19.7. The van der Waals surface area contributed by atoms with Crippen molar-refractivity contribution in [3.8, 4) is 0 Å². The second-order valence-electron chi connectivity index (χ2n) is 7.70. The Balaban J connectivity index is 1.86. The van der Waals surface area contributed by atoms with Gasteiger partial charge in [-0.3, -0.25) is 14.7 Å². The highest BCUT2D eigenvalue weighted by molar-refractivity contribution is 5.94. The fourth-order valence-electron chi connectivity index (χ4n) is 3.40. The lowest BCUT2D eigenvalue weighted by Crippen LogP contribution is -2.54. The van der Waals surface area contributed by atoms with Crippen LogP contribution >= 0.6 is 0 Å². The van der Waals surface area contributed by atoms with Gasteiger partial charge in [-0.2, -0.15) is 0 Å². The molecule has 1 saturated heterocycles. The molecule has 0 aromatic heterocycles. The first-order valence-corrected chi connectivity index (χ1v) is 10.0. The fraction of sp³-hybridized carbons (Fsp3) is 0.619. The molecule has 1 aliphatic rings. The SMILES string of the molecule is CCNC(=O)c1cccc(CNC(=NC)NCC(C)(C)N2CCCCC2)c1. The molecular weight excluding hydrogens is 338 g/mol. The second kappa shape index (κ2) is 10.3. The largest absolute Gasteiger partial charge is 0.355 e. The van der Waals surface area contributed by atoms with Gasteiger partial charge in [0.05, 0.1) is 0 Å². The van der Waals surface area contributed by atoms with Crippen LogP contribution < -0.4 is 16.0 Å². The Labute approximate surface area is 163 Å². The van der Waals surface area contributed by atoms with Crippen molar-refractivity contribution in [2.75, 3.05) is 33.2 Å². The summed E-state index contributed by atoms with van der Waals surface area (Å²) in [6.07, 6.45) is 3.93. The molecule has 0 unspecified atom stereocenters. The second-order valence-corrected chi connectivity index (χ2v) is 7.70. The van der Waals surface area contributed by atoms with E-state index >= 15 is 0 Å². The lowest BCUT2D eigenvalue weighted by atomic mass is 9.98. The summed E-state index contributed by atoms with van der Waals surface area (Å²) in [7, 11) is 1.79. The maximum absolute atomic E-state index is 12.0. The summed E-state index contributed by atoms with van der Waals surface area (Å²) in [5.74, 6) is 0.744. The van der Waals surface area contributed by atoms with E-state index in [0.717, 1.165) is 18.1 Å². The number of hydrogen-bond acceptors (Lipinski definition) is 3. The minimum absolute atomic E-state index is 0.0369. The molecule has 0 saturated carbocycles.